The third-order valence-corrected chi connectivity index (χ3v) is 4.94. The smallest absolute Gasteiger partial charge is 0.266 e. The normalized spacial score (nSPS) is 21.8. The van der Waals surface area contributed by atoms with Gasteiger partial charge in [0, 0.05) is 19.0 Å². The fourth-order valence-corrected chi connectivity index (χ4v) is 3.92. The maximum Gasteiger partial charge on any atom is 0.266 e. The molecule has 0 unspecified atom stereocenters. The third kappa shape index (κ3) is 2.11. The lowest BCUT2D eigenvalue weighted by Gasteiger charge is -2.33. The van der Waals surface area contributed by atoms with Gasteiger partial charge in [-0.1, -0.05) is 37.0 Å². The average molecular weight is 265 g/mol. The minimum Gasteiger partial charge on any atom is -0.375 e. The van der Waals surface area contributed by atoms with Crippen LogP contribution in [0.1, 0.15) is 53.9 Å². The molecule has 2 aliphatic rings. The molecule has 1 saturated carbocycles. The average Bonchev–Trinajstić information content (AvgIpc) is 2.59. The van der Waals surface area contributed by atoms with Gasteiger partial charge in [-0.05, 0) is 12.8 Å². The first-order valence-electron chi connectivity index (χ1n) is 6.82. The monoisotopic (exact) mass is 265 g/mol. The molecule has 1 aliphatic heterocycles. The van der Waals surface area contributed by atoms with Gasteiger partial charge in [-0.15, -0.1) is 0 Å². The van der Waals surface area contributed by atoms with E-state index in [4.69, 9.17) is 5.73 Å². The van der Waals surface area contributed by atoms with E-state index in [2.05, 4.69) is 9.88 Å². The minimum atomic E-state index is 0.164. The summed E-state index contributed by atoms with van der Waals surface area (Å²) >= 11 is 1.35. The summed E-state index contributed by atoms with van der Waals surface area (Å²) in [6.45, 7) is 0.819. The zero-order valence-corrected chi connectivity index (χ0v) is 11.3. The highest BCUT2D eigenvalue weighted by Gasteiger charge is 2.32. The predicted octanol–water partition coefficient (Wildman–Crippen LogP) is 2.45. The number of carbonyl (C=O) groups excluding carboxylic acids is 1. The number of anilines is 1. The summed E-state index contributed by atoms with van der Waals surface area (Å²) in [5.41, 5.74) is 6.62. The van der Waals surface area contributed by atoms with Crippen LogP contribution in [-0.2, 0) is 6.42 Å². The zero-order valence-electron chi connectivity index (χ0n) is 10.5. The van der Waals surface area contributed by atoms with Crippen LogP contribution in [0.25, 0.3) is 0 Å². The lowest BCUT2D eigenvalue weighted by atomic mass is 10.0. The standard InChI is InChI=1S/C13H19N3OS/c14-13-15-10-7-8-16(12(17)11(10)18-13)9-5-3-1-2-4-6-9/h9H,1-8H2,(H2,14,15). The summed E-state index contributed by atoms with van der Waals surface area (Å²) in [4.78, 5) is 19.6. The summed E-state index contributed by atoms with van der Waals surface area (Å²) in [5.74, 6) is 0.164. The van der Waals surface area contributed by atoms with Gasteiger partial charge in [0.25, 0.3) is 5.91 Å². The molecule has 0 saturated heterocycles. The predicted molar refractivity (Wildman–Crippen MR) is 72.8 cm³/mol. The fraction of sp³-hybridized carbons (Fsp3) is 0.692. The number of thiazole rings is 1. The Balaban J connectivity index is 1.80. The van der Waals surface area contributed by atoms with E-state index in [0.29, 0.717) is 11.2 Å². The van der Waals surface area contributed by atoms with Gasteiger partial charge < -0.3 is 10.6 Å². The Morgan fingerprint density at radius 2 is 1.94 bits per heavy atom. The topological polar surface area (TPSA) is 59.2 Å². The molecule has 18 heavy (non-hydrogen) atoms. The number of amides is 1. The van der Waals surface area contributed by atoms with Crippen molar-refractivity contribution < 1.29 is 4.79 Å². The molecule has 1 aromatic heterocycles. The molecule has 98 valence electrons. The van der Waals surface area contributed by atoms with Gasteiger partial charge in [0.2, 0.25) is 0 Å². The minimum absolute atomic E-state index is 0.164. The molecule has 1 aromatic rings. The second kappa shape index (κ2) is 4.88. The number of nitrogen functional groups attached to an aromatic ring is 1. The third-order valence-electron chi connectivity index (χ3n) is 4.02. The van der Waals surface area contributed by atoms with Crippen LogP contribution >= 0.6 is 11.3 Å². The van der Waals surface area contributed by atoms with Crippen LogP contribution < -0.4 is 5.73 Å². The highest BCUT2D eigenvalue weighted by molar-refractivity contribution is 7.17. The van der Waals surface area contributed by atoms with Gasteiger partial charge in [0.05, 0.1) is 5.69 Å². The first kappa shape index (κ1) is 12.0. The molecule has 2 heterocycles. The van der Waals surface area contributed by atoms with Crippen LogP contribution in [0.15, 0.2) is 0 Å². The van der Waals surface area contributed by atoms with Crippen LogP contribution in [0.4, 0.5) is 5.13 Å². The van der Waals surface area contributed by atoms with E-state index in [0.717, 1.165) is 36.4 Å². The van der Waals surface area contributed by atoms with E-state index < -0.39 is 0 Å². The summed E-state index contributed by atoms with van der Waals surface area (Å²) in [6, 6.07) is 0.441. The molecule has 4 nitrogen and oxygen atoms in total. The van der Waals surface area contributed by atoms with Gasteiger partial charge in [-0.3, -0.25) is 4.79 Å². The Hall–Kier alpha value is -1.10. The quantitative estimate of drug-likeness (QED) is 0.793. The number of nitrogens with zero attached hydrogens (tertiary/aromatic N) is 2. The molecule has 2 N–H and O–H groups in total. The Bertz CT molecular complexity index is 449. The number of nitrogens with two attached hydrogens (primary N) is 1. The maximum absolute atomic E-state index is 12.5. The summed E-state index contributed by atoms with van der Waals surface area (Å²) in [7, 11) is 0. The van der Waals surface area contributed by atoms with E-state index >= 15 is 0 Å². The molecule has 5 heteroatoms. The van der Waals surface area contributed by atoms with Crippen molar-refractivity contribution in [2.75, 3.05) is 12.3 Å². The van der Waals surface area contributed by atoms with E-state index in [1.54, 1.807) is 0 Å². The van der Waals surface area contributed by atoms with Crippen molar-refractivity contribution in [1.29, 1.82) is 0 Å². The molecule has 1 amide bonds. The van der Waals surface area contributed by atoms with Crippen molar-refractivity contribution in [3.05, 3.63) is 10.6 Å². The number of aromatic nitrogens is 1. The summed E-state index contributed by atoms with van der Waals surface area (Å²) in [6.07, 6.45) is 8.34. The lowest BCUT2D eigenvalue weighted by Crippen LogP contribution is -2.44. The van der Waals surface area contributed by atoms with Crippen molar-refractivity contribution in [1.82, 2.24) is 9.88 Å². The first-order valence-corrected chi connectivity index (χ1v) is 7.63. The second-order valence-corrected chi connectivity index (χ2v) is 6.25. The summed E-state index contributed by atoms with van der Waals surface area (Å²) in [5, 5.41) is 0.524. The molecule has 1 aliphatic carbocycles. The molecule has 0 bridgehead atoms. The van der Waals surface area contributed by atoms with Crippen molar-refractivity contribution in [2.24, 2.45) is 0 Å². The van der Waals surface area contributed by atoms with Crippen molar-refractivity contribution in [2.45, 2.75) is 51.0 Å². The number of rotatable bonds is 1. The molecule has 0 radical (unpaired) electrons. The highest BCUT2D eigenvalue weighted by Crippen LogP contribution is 2.30. The second-order valence-electron chi connectivity index (χ2n) is 5.22. The van der Waals surface area contributed by atoms with Crippen LogP contribution in [0.5, 0.6) is 0 Å². The number of hydrogen-bond acceptors (Lipinski definition) is 4. The Morgan fingerprint density at radius 3 is 2.67 bits per heavy atom. The molecule has 0 aromatic carbocycles. The van der Waals surface area contributed by atoms with Gasteiger partial charge in [0.15, 0.2) is 5.13 Å². The van der Waals surface area contributed by atoms with Crippen LogP contribution in [-0.4, -0.2) is 28.4 Å². The van der Waals surface area contributed by atoms with E-state index in [-0.39, 0.29) is 5.91 Å². The Kier molecular flexibility index (Phi) is 3.24. The van der Waals surface area contributed by atoms with E-state index in [1.807, 2.05) is 0 Å². The van der Waals surface area contributed by atoms with Gasteiger partial charge in [-0.25, -0.2) is 4.98 Å². The van der Waals surface area contributed by atoms with Crippen LogP contribution in [0.2, 0.25) is 0 Å². The summed E-state index contributed by atoms with van der Waals surface area (Å²) < 4.78 is 0. The maximum atomic E-state index is 12.5. The zero-order chi connectivity index (χ0) is 12.5. The largest absolute Gasteiger partial charge is 0.375 e. The molecule has 0 spiro atoms. The van der Waals surface area contributed by atoms with Gasteiger partial charge >= 0.3 is 0 Å². The van der Waals surface area contributed by atoms with Crippen molar-refractivity contribution in [3.63, 3.8) is 0 Å². The molecular weight excluding hydrogens is 246 g/mol. The number of carbonyl (C=O) groups is 1. The lowest BCUT2D eigenvalue weighted by molar-refractivity contribution is 0.0646. The van der Waals surface area contributed by atoms with Gasteiger partial charge in [-0.2, -0.15) is 0 Å². The van der Waals surface area contributed by atoms with Gasteiger partial charge in [0.1, 0.15) is 4.88 Å². The number of hydrogen-bond donors (Lipinski definition) is 1. The molecule has 1 fully saturated rings. The van der Waals surface area contributed by atoms with Crippen molar-refractivity contribution in [3.8, 4) is 0 Å². The molecule has 0 atom stereocenters. The van der Waals surface area contributed by atoms with Crippen molar-refractivity contribution >= 4 is 22.4 Å². The SMILES string of the molecule is Nc1nc2c(s1)C(=O)N(C1CCCCCC1)CC2. The molecular formula is C13H19N3OS. The van der Waals surface area contributed by atoms with E-state index in [1.165, 1.54) is 37.0 Å². The Labute approximate surface area is 111 Å². The van der Waals surface area contributed by atoms with Crippen LogP contribution in [0, 0.1) is 0 Å². The first-order chi connectivity index (χ1) is 8.75. The number of fused-ring (bicyclic) bond motifs is 1. The molecule has 3 rings (SSSR count). The highest BCUT2D eigenvalue weighted by atomic mass is 32.1. The fourth-order valence-electron chi connectivity index (χ4n) is 3.08. The van der Waals surface area contributed by atoms with Crippen LogP contribution in [0.3, 0.4) is 0 Å². The van der Waals surface area contributed by atoms with E-state index in [9.17, 15) is 4.79 Å². The Morgan fingerprint density at radius 1 is 1.22 bits per heavy atom.